The van der Waals surface area contributed by atoms with E-state index in [1.165, 1.54) is 17.0 Å². The topological polar surface area (TPSA) is 226 Å². The van der Waals surface area contributed by atoms with E-state index in [1.807, 2.05) is 0 Å². The molecule has 13 nitrogen and oxygen atoms in total. The van der Waals surface area contributed by atoms with E-state index in [2.05, 4.69) is 28.3 Å². The zero-order chi connectivity index (χ0) is 27.5. The summed E-state index contributed by atoms with van der Waals surface area (Å²) in [5, 5.41) is 24.2. The number of amides is 3. The van der Waals surface area contributed by atoms with Gasteiger partial charge in [-0.1, -0.05) is 12.1 Å². The van der Waals surface area contributed by atoms with Crippen LogP contribution >= 0.6 is 12.6 Å². The number of carbonyl (C=O) groups is 4. The highest BCUT2D eigenvalue weighted by molar-refractivity contribution is 7.80. The number of nitrogens with one attached hydrogen (secondary N) is 2. The summed E-state index contributed by atoms with van der Waals surface area (Å²) in [6, 6.07) is 2.11. The first-order valence-corrected chi connectivity index (χ1v) is 12.5. The molecule has 204 valence electrons. The van der Waals surface area contributed by atoms with Gasteiger partial charge in [0.25, 0.3) is 0 Å². The highest BCUT2D eigenvalue weighted by Crippen LogP contribution is 2.21. The first kappa shape index (κ1) is 29.7. The molecule has 1 aromatic carbocycles. The van der Waals surface area contributed by atoms with Gasteiger partial charge in [0.2, 0.25) is 17.7 Å². The molecule has 4 atom stereocenters. The smallest absolute Gasteiger partial charge is 0.326 e. The Bertz CT molecular complexity index is 986. The Hall–Kier alpha value is -3.52. The number of benzene rings is 1. The summed E-state index contributed by atoms with van der Waals surface area (Å²) < 4.78 is 0. The summed E-state index contributed by atoms with van der Waals surface area (Å²) in [5.41, 5.74) is 17.0. The number of nitrogens with two attached hydrogens (primary N) is 3. The highest BCUT2D eigenvalue weighted by Gasteiger charge is 2.39. The SMILES string of the molecule is NC(N)=NCCCC(NC(=O)C1CCCN1C(=O)C(Cc1ccc(O)cc1)NC(=O)C(N)CS)C(=O)O. The number of aliphatic carboxylic acids is 1. The maximum atomic E-state index is 13.5. The van der Waals surface area contributed by atoms with Crippen molar-refractivity contribution in [3.8, 4) is 5.75 Å². The molecule has 2 rings (SSSR count). The minimum Gasteiger partial charge on any atom is -0.508 e. The zero-order valence-electron chi connectivity index (χ0n) is 20.4. The molecule has 1 aliphatic heterocycles. The van der Waals surface area contributed by atoms with Crippen LogP contribution in [-0.4, -0.2) is 87.8 Å². The molecular weight excluding hydrogens is 502 g/mol. The van der Waals surface area contributed by atoms with Crippen molar-refractivity contribution in [1.82, 2.24) is 15.5 Å². The number of thiol groups is 1. The molecule has 37 heavy (non-hydrogen) atoms. The van der Waals surface area contributed by atoms with Crippen molar-refractivity contribution >= 4 is 42.3 Å². The van der Waals surface area contributed by atoms with E-state index in [4.69, 9.17) is 17.2 Å². The van der Waals surface area contributed by atoms with Crippen LogP contribution in [-0.2, 0) is 25.6 Å². The summed E-state index contributed by atoms with van der Waals surface area (Å²) in [6.45, 7) is 0.475. The Morgan fingerprint density at radius 1 is 1.14 bits per heavy atom. The Morgan fingerprint density at radius 2 is 1.81 bits per heavy atom. The predicted molar refractivity (Wildman–Crippen MR) is 140 cm³/mol. The molecule has 4 unspecified atom stereocenters. The van der Waals surface area contributed by atoms with E-state index < -0.39 is 47.9 Å². The Morgan fingerprint density at radius 3 is 2.41 bits per heavy atom. The molecule has 0 radical (unpaired) electrons. The van der Waals surface area contributed by atoms with Crippen molar-refractivity contribution in [3.63, 3.8) is 0 Å². The van der Waals surface area contributed by atoms with Crippen LogP contribution in [0.15, 0.2) is 29.3 Å². The van der Waals surface area contributed by atoms with Crippen molar-refractivity contribution in [2.45, 2.75) is 56.3 Å². The summed E-state index contributed by atoms with van der Waals surface area (Å²) in [6.07, 6.45) is 1.39. The number of phenolic OH excluding ortho intramolecular Hbond substituents is 1. The van der Waals surface area contributed by atoms with Gasteiger partial charge in [0.05, 0.1) is 6.04 Å². The lowest BCUT2D eigenvalue weighted by molar-refractivity contribution is -0.145. The van der Waals surface area contributed by atoms with Gasteiger partial charge in [-0.15, -0.1) is 0 Å². The summed E-state index contributed by atoms with van der Waals surface area (Å²) >= 11 is 4.03. The Balaban J connectivity index is 2.15. The molecule has 1 aromatic rings. The number of aliphatic imine (C=N–C) groups is 1. The van der Waals surface area contributed by atoms with E-state index in [0.717, 1.165) is 0 Å². The van der Waals surface area contributed by atoms with Crippen molar-refractivity contribution in [2.24, 2.45) is 22.2 Å². The lowest BCUT2D eigenvalue weighted by Gasteiger charge is -2.30. The fourth-order valence-electron chi connectivity index (χ4n) is 3.96. The second kappa shape index (κ2) is 14.3. The molecule has 14 heteroatoms. The number of hydrogen-bond acceptors (Lipinski definition) is 8. The van der Waals surface area contributed by atoms with Gasteiger partial charge in [-0.05, 0) is 43.4 Å². The van der Waals surface area contributed by atoms with Crippen LogP contribution in [0.4, 0.5) is 0 Å². The van der Waals surface area contributed by atoms with Gasteiger partial charge in [0, 0.05) is 25.3 Å². The molecule has 3 amide bonds. The van der Waals surface area contributed by atoms with Crippen LogP contribution in [0, 0.1) is 0 Å². The number of likely N-dealkylation sites (tertiary alicyclic amines) is 1. The fraction of sp³-hybridized carbons (Fsp3) is 0.522. The van der Waals surface area contributed by atoms with Gasteiger partial charge in [-0.25, -0.2) is 4.79 Å². The molecule has 0 saturated carbocycles. The molecule has 0 spiro atoms. The van der Waals surface area contributed by atoms with Crippen molar-refractivity contribution in [1.29, 1.82) is 0 Å². The second-order valence-electron chi connectivity index (χ2n) is 8.76. The number of aromatic hydroxyl groups is 1. The third kappa shape index (κ3) is 9.13. The lowest BCUT2D eigenvalue weighted by Crippen LogP contribution is -2.57. The summed E-state index contributed by atoms with van der Waals surface area (Å²) in [4.78, 5) is 55.9. The Labute approximate surface area is 220 Å². The first-order valence-electron chi connectivity index (χ1n) is 11.9. The van der Waals surface area contributed by atoms with Gasteiger partial charge in [-0.2, -0.15) is 12.6 Å². The largest absolute Gasteiger partial charge is 0.508 e. The number of carbonyl (C=O) groups excluding carboxylic acids is 3. The zero-order valence-corrected chi connectivity index (χ0v) is 21.3. The van der Waals surface area contributed by atoms with E-state index in [-0.39, 0.29) is 43.4 Å². The molecule has 0 aliphatic carbocycles. The van der Waals surface area contributed by atoms with Crippen LogP contribution in [0.1, 0.15) is 31.2 Å². The average Bonchev–Trinajstić information content (AvgIpc) is 3.35. The number of nitrogens with zero attached hydrogens (tertiary/aromatic N) is 2. The average molecular weight is 538 g/mol. The molecule has 0 aromatic heterocycles. The molecule has 10 N–H and O–H groups in total. The van der Waals surface area contributed by atoms with Crippen LogP contribution < -0.4 is 27.8 Å². The van der Waals surface area contributed by atoms with E-state index >= 15 is 0 Å². The molecular formula is C23H35N7O6S. The second-order valence-corrected chi connectivity index (χ2v) is 9.12. The van der Waals surface area contributed by atoms with Gasteiger partial charge in [0.1, 0.15) is 23.9 Å². The molecule has 1 aliphatic rings. The van der Waals surface area contributed by atoms with Gasteiger partial charge < -0.3 is 42.9 Å². The number of carboxylic acid groups (broad SMARTS) is 1. The van der Waals surface area contributed by atoms with Crippen molar-refractivity contribution in [3.05, 3.63) is 29.8 Å². The predicted octanol–water partition coefficient (Wildman–Crippen LogP) is -1.71. The lowest BCUT2D eigenvalue weighted by atomic mass is 10.0. The van der Waals surface area contributed by atoms with Gasteiger partial charge in [0.15, 0.2) is 5.96 Å². The van der Waals surface area contributed by atoms with Crippen LogP contribution in [0.25, 0.3) is 0 Å². The van der Waals surface area contributed by atoms with Crippen LogP contribution in [0.5, 0.6) is 5.75 Å². The van der Waals surface area contributed by atoms with Gasteiger partial charge in [-0.3, -0.25) is 19.4 Å². The minimum atomic E-state index is -1.22. The maximum absolute atomic E-state index is 13.5. The molecule has 0 bridgehead atoms. The standard InChI is InChI=1S/C23H35N7O6S/c24-15(12-37)19(32)29-17(11-13-5-7-14(31)8-6-13)21(34)30-10-2-4-18(30)20(33)28-16(22(35)36)3-1-9-27-23(25)26/h5-8,15-18,31,37H,1-4,9-12,24H2,(H,28,33)(H,29,32)(H,35,36)(H4,25,26,27). The van der Waals surface area contributed by atoms with Crippen LogP contribution in [0.3, 0.4) is 0 Å². The van der Waals surface area contributed by atoms with E-state index in [9.17, 15) is 29.4 Å². The third-order valence-corrected chi connectivity index (χ3v) is 6.32. The quantitative estimate of drug-likeness (QED) is 0.0619. The Kier molecular flexibility index (Phi) is 11.5. The van der Waals surface area contributed by atoms with Gasteiger partial charge >= 0.3 is 5.97 Å². The van der Waals surface area contributed by atoms with Crippen molar-refractivity contribution < 1.29 is 29.4 Å². The molecule has 1 fully saturated rings. The number of guanidine groups is 1. The first-order chi connectivity index (χ1) is 17.5. The monoisotopic (exact) mass is 537 g/mol. The van der Waals surface area contributed by atoms with E-state index in [0.29, 0.717) is 24.8 Å². The number of rotatable bonds is 13. The number of carboxylic acids is 1. The van der Waals surface area contributed by atoms with Crippen LogP contribution in [0.2, 0.25) is 0 Å². The summed E-state index contributed by atoms with van der Waals surface area (Å²) in [7, 11) is 0. The fourth-order valence-corrected chi connectivity index (χ4v) is 4.13. The number of hydrogen-bond donors (Lipinski definition) is 8. The minimum absolute atomic E-state index is 0.0512. The molecule has 1 saturated heterocycles. The maximum Gasteiger partial charge on any atom is 0.326 e. The third-order valence-electron chi connectivity index (χ3n) is 5.92. The molecule has 1 heterocycles. The number of phenols is 1. The highest BCUT2D eigenvalue weighted by atomic mass is 32.1. The van der Waals surface area contributed by atoms with Crippen molar-refractivity contribution in [2.75, 3.05) is 18.8 Å². The summed E-state index contributed by atoms with van der Waals surface area (Å²) in [5.74, 6) is -2.87. The van der Waals surface area contributed by atoms with E-state index in [1.54, 1.807) is 12.1 Å². The normalized spacial score (nSPS) is 17.4.